The number of aliphatic hydroxyl groups excluding tert-OH is 1. The number of ether oxygens (including phenoxy) is 2. The molecule has 0 unspecified atom stereocenters. The number of aliphatic hydroxyl groups is 1. The molecule has 1 aromatic carbocycles. The second-order valence-electron chi connectivity index (χ2n) is 4.61. The molecular weight excluding hydrogens is 204 g/mol. The topological polar surface area (TPSA) is 42.0 Å². The molecule has 3 heteroatoms. The molecule has 16 heavy (non-hydrogen) atoms. The summed E-state index contributed by atoms with van der Waals surface area (Å²) in [5.41, 5.74) is 1.17. The van der Waals surface area contributed by atoms with Gasteiger partial charge < -0.3 is 14.6 Å². The van der Waals surface area contributed by atoms with Gasteiger partial charge in [-0.25, -0.2) is 0 Å². The third-order valence-electron chi connectivity index (χ3n) is 3.43. The Morgan fingerprint density at radius 3 is 2.81 bits per heavy atom. The largest absolute Gasteiger partial charge is 0.393 e. The van der Waals surface area contributed by atoms with Gasteiger partial charge in [0.05, 0.1) is 31.5 Å². The highest BCUT2D eigenvalue weighted by atomic mass is 16.6. The van der Waals surface area contributed by atoms with Gasteiger partial charge in [0.25, 0.3) is 0 Å². The Kier molecular flexibility index (Phi) is 2.67. The quantitative estimate of drug-likeness (QED) is 0.779. The fraction of sp³-hybridized carbons (Fsp3) is 0.538. The van der Waals surface area contributed by atoms with E-state index in [9.17, 15) is 5.11 Å². The summed E-state index contributed by atoms with van der Waals surface area (Å²) in [7, 11) is 0. The molecular formula is C13H16O3. The maximum atomic E-state index is 9.73. The third kappa shape index (κ3) is 1.98. The van der Waals surface area contributed by atoms with Crippen molar-refractivity contribution in [2.45, 2.75) is 31.3 Å². The van der Waals surface area contributed by atoms with Crippen LogP contribution < -0.4 is 0 Å². The van der Waals surface area contributed by atoms with E-state index in [1.807, 2.05) is 30.3 Å². The molecule has 0 bridgehead atoms. The molecule has 1 heterocycles. The Labute approximate surface area is 95.0 Å². The van der Waals surface area contributed by atoms with Crippen molar-refractivity contribution in [3.05, 3.63) is 35.9 Å². The van der Waals surface area contributed by atoms with Gasteiger partial charge in [0.2, 0.25) is 0 Å². The number of benzene rings is 1. The lowest BCUT2D eigenvalue weighted by Gasteiger charge is -2.16. The van der Waals surface area contributed by atoms with Crippen molar-refractivity contribution in [3.63, 3.8) is 0 Å². The monoisotopic (exact) mass is 220 g/mol. The Morgan fingerprint density at radius 1 is 1.31 bits per heavy atom. The molecule has 1 aliphatic heterocycles. The summed E-state index contributed by atoms with van der Waals surface area (Å²) in [5, 5.41) is 9.73. The molecule has 0 radical (unpaired) electrons. The minimum atomic E-state index is -0.237. The summed E-state index contributed by atoms with van der Waals surface area (Å²) in [6.45, 7) is 1.21. The lowest BCUT2D eigenvalue weighted by molar-refractivity contribution is 0.00570. The Balaban J connectivity index is 1.47. The molecule has 1 N–H and O–H groups in total. The predicted octanol–water partition coefficient (Wildman–Crippen LogP) is 1.35. The van der Waals surface area contributed by atoms with Crippen LogP contribution >= 0.6 is 0 Å². The molecule has 0 amide bonds. The first-order valence-corrected chi connectivity index (χ1v) is 5.80. The van der Waals surface area contributed by atoms with Crippen molar-refractivity contribution in [3.8, 4) is 0 Å². The van der Waals surface area contributed by atoms with Crippen molar-refractivity contribution in [1.29, 1.82) is 0 Å². The van der Waals surface area contributed by atoms with Crippen LogP contribution in [0.25, 0.3) is 0 Å². The Bertz CT molecular complexity index is 349. The smallest absolute Gasteiger partial charge is 0.0917 e. The van der Waals surface area contributed by atoms with Crippen LogP contribution in [0.2, 0.25) is 0 Å². The van der Waals surface area contributed by atoms with Gasteiger partial charge in [-0.15, -0.1) is 0 Å². The molecule has 4 atom stereocenters. The second-order valence-corrected chi connectivity index (χ2v) is 4.61. The average molecular weight is 220 g/mol. The molecule has 1 aliphatic carbocycles. The zero-order valence-electron chi connectivity index (χ0n) is 9.08. The van der Waals surface area contributed by atoms with E-state index >= 15 is 0 Å². The van der Waals surface area contributed by atoms with Crippen LogP contribution in [0, 0.1) is 5.92 Å². The van der Waals surface area contributed by atoms with E-state index in [1.54, 1.807) is 0 Å². The Hall–Kier alpha value is -0.900. The van der Waals surface area contributed by atoms with E-state index in [1.165, 1.54) is 5.56 Å². The van der Waals surface area contributed by atoms with Crippen LogP contribution in [0.15, 0.2) is 30.3 Å². The van der Waals surface area contributed by atoms with Crippen LogP contribution in [-0.4, -0.2) is 30.0 Å². The minimum absolute atomic E-state index is 0.175. The molecule has 0 spiro atoms. The Morgan fingerprint density at radius 2 is 2.12 bits per heavy atom. The highest BCUT2D eigenvalue weighted by molar-refractivity contribution is 5.13. The van der Waals surface area contributed by atoms with E-state index in [4.69, 9.17) is 9.47 Å². The maximum Gasteiger partial charge on any atom is 0.0917 e. The number of fused-ring (bicyclic) bond motifs is 1. The fourth-order valence-electron chi connectivity index (χ4n) is 2.45. The summed E-state index contributed by atoms with van der Waals surface area (Å²) in [4.78, 5) is 0. The predicted molar refractivity (Wildman–Crippen MR) is 58.9 cm³/mol. The van der Waals surface area contributed by atoms with Crippen LogP contribution in [0.3, 0.4) is 0 Å². The highest BCUT2D eigenvalue weighted by Crippen LogP contribution is 2.43. The normalized spacial score (nSPS) is 36.1. The second kappa shape index (κ2) is 4.17. The van der Waals surface area contributed by atoms with Gasteiger partial charge in [0.15, 0.2) is 0 Å². The number of hydrogen-bond acceptors (Lipinski definition) is 3. The molecule has 2 fully saturated rings. The highest BCUT2D eigenvalue weighted by Gasteiger charge is 2.55. The van der Waals surface area contributed by atoms with E-state index in [-0.39, 0.29) is 18.1 Å². The van der Waals surface area contributed by atoms with E-state index in [0.717, 1.165) is 6.42 Å². The van der Waals surface area contributed by atoms with Gasteiger partial charge >= 0.3 is 0 Å². The van der Waals surface area contributed by atoms with Crippen molar-refractivity contribution >= 4 is 0 Å². The zero-order chi connectivity index (χ0) is 11.0. The van der Waals surface area contributed by atoms with Crippen LogP contribution in [0.4, 0.5) is 0 Å². The maximum absolute atomic E-state index is 9.73. The average Bonchev–Trinajstić information content (AvgIpc) is 2.98. The first-order valence-electron chi connectivity index (χ1n) is 5.80. The van der Waals surface area contributed by atoms with Crippen molar-refractivity contribution in [2.24, 2.45) is 5.92 Å². The van der Waals surface area contributed by atoms with Crippen LogP contribution in [0.5, 0.6) is 0 Å². The minimum Gasteiger partial charge on any atom is -0.393 e. The van der Waals surface area contributed by atoms with Gasteiger partial charge in [-0.05, 0) is 5.56 Å². The van der Waals surface area contributed by atoms with E-state index in [0.29, 0.717) is 19.3 Å². The van der Waals surface area contributed by atoms with Gasteiger partial charge in [0, 0.05) is 12.3 Å². The summed E-state index contributed by atoms with van der Waals surface area (Å²) in [6.07, 6.45) is 1.11. The number of epoxide rings is 1. The lowest BCUT2D eigenvalue weighted by Crippen LogP contribution is -2.25. The summed E-state index contributed by atoms with van der Waals surface area (Å²) in [5.74, 6) is 0.175. The summed E-state index contributed by atoms with van der Waals surface area (Å²) >= 11 is 0. The van der Waals surface area contributed by atoms with Crippen LogP contribution in [-0.2, 0) is 16.1 Å². The lowest BCUT2D eigenvalue weighted by atomic mass is 10.1. The fourth-order valence-corrected chi connectivity index (χ4v) is 2.45. The molecule has 1 saturated heterocycles. The molecule has 1 aromatic rings. The first-order chi connectivity index (χ1) is 7.84. The van der Waals surface area contributed by atoms with Gasteiger partial charge in [0.1, 0.15) is 0 Å². The number of hydrogen-bond donors (Lipinski definition) is 1. The van der Waals surface area contributed by atoms with E-state index < -0.39 is 0 Å². The van der Waals surface area contributed by atoms with Gasteiger partial charge in [-0.3, -0.25) is 0 Å². The van der Waals surface area contributed by atoms with Crippen LogP contribution in [0.1, 0.15) is 12.0 Å². The molecule has 86 valence electrons. The van der Waals surface area contributed by atoms with Crippen molar-refractivity contribution < 1.29 is 14.6 Å². The molecule has 1 saturated carbocycles. The number of rotatable bonds is 4. The standard InChI is InChI=1S/C13H16O3/c14-11-6-12-13(16-12)10(11)8-15-7-9-4-2-1-3-5-9/h1-5,10-14H,6-8H2/t10-,11+,12-,13+/m1/s1. The molecule has 3 nitrogen and oxygen atoms in total. The summed E-state index contributed by atoms with van der Waals surface area (Å²) < 4.78 is 11.0. The molecule has 3 rings (SSSR count). The summed E-state index contributed by atoms with van der Waals surface area (Å²) in [6, 6.07) is 10.1. The SMILES string of the molecule is O[C@H]1C[C@H]2O[C@H]2[C@@H]1COCc1ccccc1. The van der Waals surface area contributed by atoms with Crippen molar-refractivity contribution in [2.75, 3.05) is 6.61 Å². The van der Waals surface area contributed by atoms with Crippen molar-refractivity contribution in [1.82, 2.24) is 0 Å². The molecule has 2 aliphatic rings. The first kappa shape index (κ1) is 10.3. The zero-order valence-corrected chi connectivity index (χ0v) is 9.08. The van der Waals surface area contributed by atoms with Gasteiger partial charge in [-0.2, -0.15) is 0 Å². The van der Waals surface area contributed by atoms with Gasteiger partial charge in [-0.1, -0.05) is 30.3 Å². The third-order valence-corrected chi connectivity index (χ3v) is 3.43. The molecule has 0 aromatic heterocycles. The van der Waals surface area contributed by atoms with E-state index in [2.05, 4.69) is 0 Å².